The van der Waals surface area contributed by atoms with Crippen molar-refractivity contribution in [3.05, 3.63) is 66.0 Å². The number of hydrogen-bond acceptors (Lipinski definition) is 2. The predicted molar refractivity (Wildman–Crippen MR) is 110 cm³/mol. The Morgan fingerprint density at radius 1 is 1.08 bits per heavy atom. The number of hydrogen-bond donors (Lipinski definition) is 2. The van der Waals surface area contributed by atoms with Gasteiger partial charge in [-0.05, 0) is 42.4 Å². The predicted octanol–water partition coefficient (Wildman–Crippen LogP) is 3.39. The van der Waals surface area contributed by atoms with Crippen molar-refractivity contribution in [3.8, 4) is 0 Å². The molecule has 0 unspecified atom stereocenters. The van der Waals surface area contributed by atoms with Crippen LogP contribution in [0.2, 0.25) is 0 Å². The molecule has 1 saturated carbocycles. The minimum absolute atomic E-state index is 0. The van der Waals surface area contributed by atoms with Gasteiger partial charge in [-0.15, -0.1) is 24.0 Å². The number of pyridine rings is 1. The Kier molecular flexibility index (Phi) is 7.02. The number of rotatable bonds is 6. The molecule has 0 radical (unpaired) electrons. The van der Waals surface area contributed by atoms with E-state index in [9.17, 15) is 0 Å². The molecule has 0 amide bonds. The minimum Gasteiger partial charge on any atom is -0.356 e. The van der Waals surface area contributed by atoms with Crippen molar-refractivity contribution in [2.24, 2.45) is 10.4 Å². The fourth-order valence-corrected chi connectivity index (χ4v) is 2.79. The van der Waals surface area contributed by atoms with Gasteiger partial charge >= 0.3 is 0 Å². The number of benzene rings is 1. The van der Waals surface area contributed by atoms with Gasteiger partial charge < -0.3 is 10.6 Å². The summed E-state index contributed by atoms with van der Waals surface area (Å²) < 4.78 is 0. The summed E-state index contributed by atoms with van der Waals surface area (Å²) in [5.74, 6) is 0.843. The molecule has 2 aromatic rings. The second-order valence-corrected chi connectivity index (χ2v) is 6.26. The second kappa shape index (κ2) is 9.01. The largest absolute Gasteiger partial charge is 0.356 e. The van der Waals surface area contributed by atoms with Gasteiger partial charge in [0, 0.05) is 19.8 Å². The first-order valence-corrected chi connectivity index (χ1v) is 8.18. The van der Waals surface area contributed by atoms with E-state index < -0.39 is 0 Å². The molecule has 4 nitrogen and oxygen atoms in total. The van der Waals surface area contributed by atoms with E-state index in [0.717, 1.165) is 24.6 Å². The van der Waals surface area contributed by atoms with Crippen LogP contribution in [0.25, 0.3) is 0 Å². The van der Waals surface area contributed by atoms with E-state index in [-0.39, 0.29) is 24.0 Å². The Morgan fingerprint density at radius 3 is 2.46 bits per heavy atom. The molecule has 1 heterocycles. The van der Waals surface area contributed by atoms with Gasteiger partial charge in [-0.2, -0.15) is 0 Å². The Morgan fingerprint density at radius 2 is 1.83 bits per heavy atom. The van der Waals surface area contributed by atoms with Crippen molar-refractivity contribution in [1.29, 1.82) is 0 Å². The average Bonchev–Trinajstić information content (AvgIpc) is 3.36. The van der Waals surface area contributed by atoms with Crippen LogP contribution >= 0.6 is 24.0 Å². The van der Waals surface area contributed by atoms with Crippen molar-refractivity contribution in [1.82, 2.24) is 15.6 Å². The fraction of sp³-hybridized carbons (Fsp3) is 0.368. The van der Waals surface area contributed by atoms with E-state index >= 15 is 0 Å². The van der Waals surface area contributed by atoms with Crippen LogP contribution < -0.4 is 10.6 Å². The van der Waals surface area contributed by atoms with Crippen molar-refractivity contribution < 1.29 is 0 Å². The van der Waals surface area contributed by atoms with Crippen LogP contribution in [0.5, 0.6) is 0 Å². The molecule has 1 aliphatic carbocycles. The summed E-state index contributed by atoms with van der Waals surface area (Å²) >= 11 is 0. The van der Waals surface area contributed by atoms with Crippen LogP contribution in [-0.4, -0.2) is 24.5 Å². The lowest BCUT2D eigenvalue weighted by Gasteiger charge is -2.18. The number of aromatic nitrogens is 1. The highest BCUT2D eigenvalue weighted by molar-refractivity contribution is 14.0. The van der Waals surface area contributed by atoms with Gasteiger partial charge in [-0.25, -0.2) is 0 Å². The van der Waals surface area contributed by atoms with Gasteiger partial charge in [0.25, 0.3) is 0 Å². The normalized spacial score (nSPS) is 15.3. The number of guanidine groups is 1. The van der Waals surface area contributed by atoms with Gasteiger partial charge in [-0.3, -0.25) is 9.98 Å². The molecular formula is C19H25IN4. The highest BCUT2D eigenvalue weighted by Gasteiger charge is 2.42. The van der Waals surface area contributed by atoms with Crippen molar-refractivity contribution >= 4 is 29.9 Å². The summed E-state index contributed by atoms with van der Waals surface area (Å²) in [6.07, 6.45) is 5.52. The molecule has 1 aromatic heterocycles. The Balaban J connectivity index is 0.00000208. The third-order valence-electron chi connectivity index (χ3n) is 4.40. The summed E-state index contributed by atoms with van der Waals surface area (Å²) in [5, 5.41) is 6.80. The van der Waals surface area contributed by atoms with E-state index in [2.05, 4.69) is 50.9 Å². The summed E-state index contributed by atoms with van der Waals surface area (Å²) in [6.45, 7) is 1.65. The Labute approximate surface area is 161 Å². The van der Waals surface area contributed by atoms with Gasteiger partial charge in [0.05, 0.1) is 12.2 Å². The van der Waals surface area contributed by atoms with Crippen LogP contribution in [0.15, 0.2) is 59.7 Å². The van der Waals surface area contributed by atoms with E-state index in [1.54, 1.807) is 0 Å². The number of aliphatic imine (C=N–C) groups is 1. The molecule has 1 fully saturated rings. The van der Waals surface area contributed by atoms with E-state index in [1.807, 2.05) is 31.4 Å². The molecule has 0 bridgehead atoms. The first-order valence-electron chi connectivity index (χ1n) is 8.18. The standard InChI is InChI=1S/C19H24N4.HI/c1-20-18(22-14-17-9-5-6-12-21-17)23-15-19(10-11-19)13-16-7-3-2-4-8-16;/h2-9,12H,10-11,13-15H2,1H3,(H2,20,22,23);1H. The van der Waals surface area contributed by atoms with Crippen molar-refractivity contribution in [2.75, 3.05) is 13.6 Å². The molecule has 5 heteroatoms. The van der Waals surface area contributed by atoms with Crippen molar-refractivity contribution in [2.45, 2.75) is 25.8 Å². The number of nitrogens with zero attached hydrogens (tertiary/aromatic N) is 2. The topological polar surface area (TPSA) is 49.3 Å². The zero-order chi connectivity index (χ0) is 16.0. The molecule has 24 heavy (non-hydrogen) atoms. The average molecular weight is 436 g/mol. The van der Waals surface area contributed by atoms with Crippen LogP contribution in [0.4, 0.5) is 0 Å². The molecule has 2 N–H and O–H groups in total. The molecule has 3 rings (SSSR count). The lowest BCUT2D eigenvalue weighted by molar-refractivity contribution is 0.492. The quantitative estimate of drug-likeness (QED) is 0.415. The van der Waals surface area contributed by atoms with Crippen LogP contribution in [0.3, 0.4) is 0 Å². The first kappa shape index (κ1) is 18.7. The third kappa shape index (κ3) is 5.47. The lowest BCUT2D eigenvalue weighted by atomic mass is 9.96. The Bertz CT molecular complexity index is 639. The van der Waals surface area contributed by atoms with E-state index in [0.29, 0.717) is 12.0 Å². The number of halogens is 1. The monoisotopic (exact) mass is 436 g/mol. The van der Waals surface area contributed by atoms with Crippen LogP contribution in [-0.2, 0) is 13.0 Å². The summed E-state index contributed by atoms with van der Waals surface area (Å²) in [4.78, 5) is 8.62. The van der Waals surface area contributed by atoms with Crippen LogP contribution in [0, 0.1) is 5.41 Å². The smallest absolute Gasteiger partial charge is 0.191 e. The van der Waals surface area contributed by atoms with E-state index in [1.165, 1.54) is 18.4 Å². The molecule has 1 aliphatic rings. The van der Waals surface area contributed by atoms with Gasteiger partial charge in [0.2, 0.25) is 0 Å². The second-order valence-electron chi connectivity index (χ2n) is 6.26. The minimum atomic E-state index is 0. The zero-order valence-electron chi connectivity index (χ0n) is 14.0. The van der Waals surface area contributed by atoms with Gasteiger partial charge in [-0.1, -0.05) is 36.4 Å². The zero-order valence-corrected chi connectivity index (χ0v) is 16.4. The maximum atomic E-state index is 4.32. The molecule has 0 aliphatic heterocycles. The van der Waals surface area contributed by atoms with Crippen LogP contribution in [0.1, 0.15) is 24.1 Å². The van der Waals surface area contributed by atoms with Gasteiger partial charge in [0.15, 0.2) is 5.96 Å². The lowest BCUT2D eigenvalue weighted by Crippen LogP contribution is -2.40. The maximum Gasteiger partial charge on any atom is 0.191 e. The molecule has 0 saturated heterocycles. The molecule has 1 aromatic carbocycles. The third-order valence-corrected chi connectivity index (χ3v) is 4.40. The van der Waals surface area contributed by atoms with Crippen molar-refractivity contribution in [3.63, 3.8) is 0 Å². The SMILES string of the molecule is CN=C(NCc1ccccn1)NCC1(Cc2ccccc2)CC1.I. The number of nitrogens with one attached hydrogen (secondary N) is 2. The molecular weight excluding hydrogens is 411 g/mol. The molecule has 128 valence electrons. The van der Waals surface area contributed by atoms with E-state index in [4.69, 9.17) is 0 Å². The highest BCUT2D eigenvalue weighted by Crippen LogP contribution is 2.47. The molecule has 0 atom stereocenters. The highest BCUT2D eigenvalue weighted by atomic mass is 127. The maximum absolute atomic E-state index is 4.32. The summed E-state index contributed by atoms with van der Waals surface area (Å²) in [6, 6.07) is 16.7. The summed E-state index contributed by atoms with van der Waals surface area (Å²) in [7, 11) is 1.81. The summed E-state index contributed by atoms with van der Waals surface area (Å²) in [5.41, 5.74) is 2.83. The Hall–Kier alpha value is -1.63. The molecule has 0 spiro atoms. The first-order chi connectivity index (χ1) is 11.3. The van der Waals surface area contributed by atoms with Gasteiger partial charge in [0.1, 0.15) is 0 Å². The fourth-order valence-electron chi connectivity index (χ4n) is 2.79.